The molecule has 0 saturated carbocycles. The molecule has 0 aromatic carbocycles. The fourth-order valence-corrected chi connectivity index (χ4v) is 4.66. The van der Waals surface area contributed by atoms with Gasteiger partial charge in [-0.25, -0.2) is 0 Å². The molecule has 1 aliphatic rings. The lowest BCUT2D eigenvalue weighted by molar-refractivity contribution is -0.144. The van der Waals surface area contributed by atoms with Crippen LogP contribution in [0, 0.1) is 5.92 Å². The van der Waals surface area contributed by atoms with Crippen LogP contribution in [0.2, 0.25) is 0 Å². The number of allylic oxidation sites excluding steroid dienone is 1. The topological polar surface area (TPSA) is 78.9 Å². The number of Topliss-reactive ketones (excluding diaryl/α,β-unsaturated/α-hetero) is 1. The highest BCUT2D eigenvalue weighted by atomic mass is 31.2. The van der Waals surface area contributed by atoms with Crippen LogP contribution in [-0.4, -0.2) is 37.7 Å². The lowest BCUT2D eigenvalue weighted by Gasteiger charge is -2.26. The van der Waals surface area contributed by atoms with Crippen LogP contribution in [-0.2, 0) is 27.9 Å². The predicted molar refractivity (Wildman–Crippen MR) is 73.5 cm³/mol. The summed E-state index contributed by atoms with van der Waals surface area (Å²) in [7, 11) is -2.48. The van der Waals surface area contributed by atoms with Crippen molar-refractivity contribution in [2.24, 2.45) is 5.92 Å². The number of carbonyl (C=O) groups is 2. The number of hydrogen-bond acceptors (Lipinski definition) is 6. The quantitative estimate of drug-likeness (QED) is 0.553. The number of hydrogen-bond donors (Lipinski definition) is 0. The third-order valence-electron chi connectivity index (χ3n) is 3.43. The van der Waals surface area contributed by atoms with E-state index in [9.17, 15) is 14.2 Å². The fraction of sp³-hybridized carbons (Fsp3) is 0.692. The Labute approximate surface area is 119 Å². The Morgan fingerprint density at radius 2 is 1.70 bits per heavy atom. The van der Waals surface area contributed by atoms with Crippen molar-refractivity contribution in [3.63, 3.8) is 0 Å². The third-order valence-corrected chi connectivity index (χ3v) is 5.88. The number of esters is 1. The van der Waals surface area contributed by atoms with E-state index >= 15 is 0 Å². The average Bonchev–Trinajstić information content (AvgIpc) is 2.63. The number of ketones is 1. The molecule has 0 fully saturated rings. The molecule has 0 aromatic rings. The molecule has 6 nitrogen and oxygen atoms in total. The van der Waals surface area contributed by atoms with E-state index in [1.807, 2.05) is 0 Å². The molecule has 20 heavy (non-hydrogen) atoms. The summed E-state index contributed by atoms with van der Waals surface area (Å²) < 4.78 is 28.0. The molecule has 2 atom stereocenters. The van der Waals surface area contributed by atoms with Crippen LogP contribution in [0.15, 0.2) is 11.1 Å². The van der Waals surface area contributed by atoms with Gasteiger partial charge in [-0.1, -0.05) is 5.57 Å². The molecule has 0 spiro atoms. The molecule has 7 heteroatoms. The van der Waals surface area contributed by atoms with Gasteiger partial charge in [0.15, 0.2) is 5.78 Å². The predicted octanol–water partition coefficient (Wildman–Crippen LogP) is 2.33. The van der Waals surface area contributed by atoms with Crippen molar-refractivity contribution in [3.05, 3.63) is 11.1 Å². The zero-order chi connectivity index (χ0) is 15.5. The maximum absolute atomic E-state index is 12.8. The number of carbonyl (C=O) groups excluding carboxylic acids is 2. The maximum atomic E-state index is 12.8. The largest absolute Gasteiger partial charge is 0.469 e. The van der Waals surface area contributed by atoms with Crippen LogP contribution in [0.5, 0.6) is 0 Å². The maximum Gasteiger partial charge on any atom is 0.342 e. The second-order valence-electron chi connectivity index (χ2n) is 4.49. The van der Waals surface area contributed by atoms with E-state index in [4.69, 9.17) is 13.8 Å². The highest BCUT2D eigenvalue weighted by molar-refractivity contribution is 7.56. The summed E-state index contributed by atoms with van der Waals surface area (Å²) in [5.74, 6) is -1.88. The molecule has 0 saturated heterocycles. The molecular weight excluding hydrogens is 283 g/mol. The van der Waals surface area contributed by atoms with Crippen LogP contribution < -0.4 is 0 Å². The Morgan fingerprint density at radius 1 is 1.20 bits per heavy atom. The first-order valence-corrected chi connectivity index (χ1v) is 8.13. The van der Waals surface area contributed by atoms with E-state index < -0.39 is 25.1 Å². The second kappa shape index (κ2) is 6.66. The van der Waals surface area contributed by atoms with Gasteiger partial charge in [0, 0.05) is 0 Å². The van der Waals surface area contributed by atoms with E-state index in [-0.39, 0.29) is 19.0 Å². The first-order valence-electron chi connectivity index (χ1n) is 6.52. The zero-order valence-electron chi connectivity index (χ0n) is 12.5. The van der Waals surface area contributed by atoms with Crippen molar-refractivity contribution < 1.29 is 27.9 Å². The molecule has 114 valence electrons. The molecular formula is C13H21O6P. The Bertz CT molecular complexity index is 471. The van der Waals surface area contributed by atoms with Crippen molar-refractivity contribution in [3.8, 4) is 0 Å². The molecule has 1 aliphatic carbocycles. The van der Waals surface area contributed by atoms with Crippen molar-refractivity contribution >= 4 is 19.3 Å². The highest BCUT2D eigenvalue weighted by Crippen LogP contribution is 2.59. The van der Waals surface area contributed by atoms with E-state index in [1.54, 1.807) is 27.7 Å². The van der Waals surface area contributed by atoms with Crippen molar-refractivity contribution in [2.75, 3.05) is 20.3 Å². The minimum Gasteiger partial charge on any atom is -0.469 e. The molecule has 0 N–H and O–H groups in total. The summed E-state index contributed by atoms with van der Waals surface area (Å²) >= 11 is 0. The third kappa shape index (κ3) is 2.87. The summed E-state index contributed by atoms with van der Waals surface area (Å²) in [5, 5.41) is 0. The Morgan fingerprint density at radius 3 is 2.10 bits per heavy atom. The van der Waals surface area contributed by atoms with Gasteiger partial charge in [0.05, 0.1) is 26.2 Å². The highest BCUT2D eigenvalue weighted by Gasteiger charge is 2.54. The second-order valence-corrected chi connectivity index (χ2v) is 6.65. The van der Waals surface area contributed by atoms with Crippen LogP contribution in [0.25, 0.3) is 0 Å². The van der Waals surface area contributed by atoms with Gasteiger partial charge in [-0.15, -0.1) is 0 Å². The minimum absolute atomic E-state index is 0.132. The number of methoxy groups -OCH3 is 1. The van der Waals surface area contributed by atoms with Crippen molar-refractivity contribution in [1.29, 1.82) is 0 Å². The SMILES string of the molecule is CCOP(=O)(OCC)[C@@H]1C(=O)C(C)=C(C)[C@H]1C(=O)OC. The van der Waals surface area contributed by atoms with E-state index in [1.165, 1.54) is 7.11 Å². The standard InChI is InChI=1S/C13H21O6P/c1-6-18-20(16,19-7-2)12-10(13(15)17-5)8(3)9(4)11(12)14/h10,12H,6-7H2,1-5H3/t10-,12+/m1/s1. The molecule has 0 radical (unpaired) electrons. The Balaban J connectivity index is 3.29. The number of rotatable bonds is 6. The van der Waals surface area contributed by atoms with E-state index in [0.29, 0.717) is 11.1 Å². The van der Waals surface area contributed by atoms with Gasteiger partial charge in [-0.2, -0.15) is 0 Å². The van der Waals surface area contributed by atoms with Gasteiger partial charge in [-0.05, 0) is 33.3 Å². The van der Waals surface area contributed by atoms with Crippen LogP contribution >= 0.6 is 7.60 Å². The van der Waals surface area contributed by atoms with Crippen molar-refractivity contribution in [1.82, 2.24) is 0 Å². The van der Waals surface area contributed by atoms with Crippen LogP contribution in [0.3, 0.4) is 0 Å². The molecule has 0 bridgehead atoms. The van der Waals surface area contributed by atoms with Gasteiger partial charge in [0.25, 0.3) is 0 Å². The summed E-state index contributed by atoms with van der Waals surface area (Å²) in [6.45, 7) is 6.85. The van der Waals surface area contributed by atoms with Crippen LogP contribution in [0.1, 0.15) is 27.7 Å². The average molecular weight is 304 g/mol. The minimum atomic E-state index is -3.71. The lowest BCUT2D eigenvalue weighted by Crippen LogP contribution is -2.32. The summed E-state index contributed by atoms with van der Waals surface area (Å²) in [6, 6.07) is 0. The molecule has 0 aromatic heterocycles. The molecule has 0 amide bonds. The Kier molecular flexibility index (Phi) is 5.68. The van der Waals surface area contributed by atoms with Crippen LogP contribution in [0.4, 0.5) is 0 Å². The zero-order valence-corrected chi connectivity index (χ0v) is 13.4. The van der Waals surface area contributed by atoms with E-state index in [0.717, 1.165) is 0 Å². The fourth-order valence-electron chi connectivity index (χ4n) is 2.35. The molecule has 0 unspecified atom stereocenters. The number of ether oxygens (including phenoxy) is 1. The molecule has 0 aliphatic heterocycles. The smallest absolute Gasteiger partial charge is 0.342 e. The summed E-state index contributed by atoms with van der Waals surface area (Å²) in [6.07, 6.45) is 0. The lowest BCUT2D eigenvalue weighted by atomic mass is 10.0. The summed E-state index contributed by atoms with van der Waals surface area (Å²) in [5.41, 5.74) is -0.161. The monoisotopic (exact) mass is 304 g/mol. The van der Waals surface area contributed by atoms with E-state index in [2.05, 4.69) is 0 Å². The van der Waals surface area contributed by atoms with Gasteiger partial charge < -0.3 is 13.8 Å². The molecule has 1 rings (SSSR count). The van der Waals surface area contributed by atoms with Crippen molar-refractivity contribution in [2.45, 2.75) is 33.4 Å². The molecule has 0 heterocycles. The first kappa shape index (κ1) is 17.1. The van der Waals surface area contributed by atoms with Gasteiger partial charge in [0.1, 0.15) is 5.66 Å². The first-order chi connectivity index (χ1) is 9.33. The van der Waals surface area contributed by atoms with Gasteiger partial charge >= 0.3 is 13.6 Å². The summed E-state index contributed by atoms with van der Waals surface area (Å²) in [4.78, 5) is 24.3. The Hall–Kier alpha value is -0.970. The normalized spacial score (nSPS) is 23.4. The van der Waals surface area contributed by atoms with Gasteiger partial charge in [-0.3, -0.25) is 14.2 Å². The van der Waals surface area contributed by atoms with Gasteiger partial charge in [0.2, 0.25) is 0 Å².